The summed E-state index contributed by atoms with van der Waals surface area (Å²) in [4.78, 5) is 0.777. The van der Waals surface area contributed by atoms with Crippen molar-refractivity contribution in [3.63, 3.8) is 0 Å². The van der Waals surface area contributed by atoms with Crippen LogP contribution in [0.5, 0.6) is 0 Å². The van der Waals surface area contributed by atoms with Gasteiger partial charge in [0.2, 0.25) is 0 Å². The first kappa shape index (κ1) is 12.1. The molecule has 1 aromatic heterocycles. The molecule has 0 bridgehead atoms. The van der Waals surface area contributed by atoms with Crippen molar-refractivity contribution in [1.29, 1.82) is 0 Å². The van der Waals surface area contributed by atoms with Crippen LogP contribution in [0, 0.1) is 13.8 Å². The normalized spacial score (nSPS) is 12.6. The minimum Gasteiger partial charge on any atom is -0.465 e. The first-order valence-corrected chi connectivity index (χ1v) is 6.57. The standard InChI is InChI=1S/C13H15NO2S/c1-10-3-7-13(8-4-10)17(15)14-9-12-6-5-11(2)16-12/h3-8,14H,9H2,1-2H3. The van der Waals surface area contributed by atoms with E-state index in [4.69, 9.17) is 4.42 Å². The topological polar surface area (TPSA) is 42.2 Å². The van der Waals surface area contributed by atoms with Crippen molar-refractivity contribution >= 4 is 11.0 Å². The van der Waals surface area contributed by atoms with E-state index in [0.717, 1.165) is 22.0 Å². The van der Waals surface area contributed by atoms with Gasteiger partial charge in [0.05, 0.1) is 11.4 Å². The van der Waals surface area contributed by atoms with E-state index < -0.39 is 11.0 Å². The van der Waals surface area contributed by atoms with Gasteiger partial charge in [-0.25, -0.2) is 8.93 Å². The second-order valence-corrected chi connectivity index (χ2v) is 5.21. The molecule has 1 atom stereocenters. The van der Waals surface area contributed by atoms with Crippen molar-refractivity contribution < 1.29 is 8.63 Å². The van der Waals surface area contributed by atoms with Crippen molar-refractivity contribution in [3.05, 3.63) is 53.5 Å². The van der Waals surface area contributed by atoms with Crippen LogP contribution in [0.4, 0.5) is 0 Å². The highest BCUT2D eigenvalue weighted by Crippen LogP contribution is 2.09. The lowest BCUT2D eigenvalue weighted by Gasteiger charge is -2.03. The summed E-state index contributed by atoms with van der Waals surface area (Å²) in [5, 5.41) is 0. The summed E-state index contributed by atoms with van der Waals surface area (Å²) in [5.41, 5.74) is 1.16. The first-order valence-electron chi connectivity index (χ1n) is 5.42. The maximum Gasteiger partial charge on any atom is 0.125 e. The molecule has 0 radical (unpaired) electrons. The van der Waals surface area contributed by atoms with E-state index in [1.165, 1.54) is 0 Å². The highest BCUT2D eigenvalue weighted by atomic mass is 32.2. The number of hydrogen-bond donors (Lipinski definition) is 1. The predicted octanol–water partition coefficient (Wildman–Crippen LogP) is 2.71. The van der Waals surface area contributed by atoms with Crippen molar-refractivity contribution in [2.75, 3.05) is 0 Å². The molecule has 4 heteroatoms. The Balaban J connectivity index is 1.95. The van der Waals surface area contributed by atoms with E-state index >= 15 is 0 Å². The van der Waals surface area contributed by atoms with Gasteiger partial charge < -0.3 is 4.42 Å². The van der Waals surface area contributed by atoms with Gasteiger partial charge in [-0.05, 0) is 38.1 Å². The third-order valence-corrected chi connectivity index (χ3v) is 3.52. The van der Waals surface area contributed by atoms with Crippen molar-refractivity contribution in [2.45, 2.75) is 25.3 Å². The minimum absolute atomic E-state index is 0.467. The Morgan fingerprint density at radius 1 is 1.12 bits per heavy atom. The van der Waals surface area contributed by atoms with E-state index in [2.05, 4.69) is 4.72 Å². The summed E-state index contributed by atoms with van der Waals surface area (Å²) >= 11 is 0. The van der Waals surface area contributed by atoms with Crippen molar-refractivity contribution in [3.8, 4) is 0 Å². The van der Waals surface area contributed by atoms with Gasteiger partial charge in [-0.2, -0.15) is 0 Å². The molecule has 1 N–H and O–H groups in total. The van der Waals surface area contributed by atoms with Gasteiger partial charge >= 0.3 is 0 Å². The Labute approximate surface area is 103 Å². The molecule has 2 aromatic rings. The molecule has 90 valence electrons. The quantitative estimate of drug-likeness (QED) is 0.905. The summed E-state index contributed by atoms with van der Waals surface area (Å²) in [7, 11) is -1.19. The molecule has 0 spiro atoms. The zero-order chi connectivity index (χ0) is 12.3. The number of furan rings is 1. The molecule has 0 amide bonds. The largest absolute Gasteiger partial charge is 0.465 e. The Bertz CT molecular complexity index is 516. The monoisotopic (exact) mass is 249 g/mol. The summed E-state index contributed by atoms with van der Waals surface area (Å²) < 4.78 is 20.2. The van der Waals surface area contributed by atoms with Crippen molar-refractivity contribution in [1.82, 2.24) is 4.72 Å². The van der Waals surface area contributed by atoms with Gasteiger partial charge in [0, 0.05) is 0 Å². The number of rotatable bonds is 4. The predicted molar refractivity (Wildman–Crippen MR) is 67.9 cm³/mol. The fourth-order valence-electron chi connectivity index (χ4n) is 1.46. The highest BCUT2D eigenvalue weighted by molar-refractivity contribution is 7.83. The molecule has 0 aliphatic carbocycles. The number of aryl methyl sites for hydroxylation is 2. The summed E-state index contributed by atoms with van der Waals surface area (Å²) in [6.45, 7) is 4.36. The first-order chi connectivity index (χ1) is 8.15. The average molecular weight is 249 g/mol. The van der Waals surface area contributed by atoms with Crippen LogP contribution in [-0.4, -0.2) is 4.21 Å². The number of nitrogens with one attached hydrogen (secondary N) is 1. The fourth-order valence-corrected chi connectivity index (χ4v) is 2.29. The maximum absolute atomic E-state index is 11.9. The molecule has 1 aromatic carbocycles. The van der Waals surface area contributed by atoms with Crippen LogP contribution in [0.1, 0.15) is 17.1 Å². The van der Waals surface area contributed by atoms with E-state index in [-0.39, 0.29) is 0 Å². The molecule has 0 aliphatic rings. The average Bonchev–Trinajstić information content (AvgIpc) is 2.73. The molecule has 17 heavy (non-hydrogen) atoms. The van der Waals surface area contributed by atoms with Crippen LogP contribution in [0.3, 0.4) is 0 Å². The van der Waals surface area contributed by atoms with E-state index in [9.17, 15) is 4.21 Å². The van der Waals surface area contributed by atoms with Crippen LogP contribution in [-0.2, 0) is 17.5 Å². The van der Waals surface area contributed by atoms with Gasteiger partial charge in [-0.1, -0.05) is 17.7 Å². The molecule has 0 saturated carbocycles. The number of hydrogen-bond acceptors (Lipinski definition) is 2. The smallest absolute Gasteiger partial charge is 0.125 e. The minimum atomic E-state index is -1.19. The van der Waals surface area contributed by atoms with Crippen LogP contribution in [0.2, 0.25) is 0 Å². The molecule has 0 fully saturated rings. The zero-order valence-corrected chi connectivity index (χ0v) is 10.7. The molecular formula is C13H15NO2S. The molecule has 0 aliphatic heterocycles. The zero-order valence-electron chi connectivity index (χ0n) is 9.90. The van der Waals surface area contributed by atoms with Gasteiger partial charge in [-0.15, -0.1) is 0 Å². The summed E-state index contributed by atoms with van der Waals surface area (Å²) in [6.07, 6.45) is 0. The Morgan fingerprint density at radius 2 is 1.82 bits per heavy atom. The molecule has 2 rings (SSSR count). The van der Waals surface area contributed by atoms with Crippen LogP contribution >= 0.6 is 0 Å². The Morgan fingerprint density at radius 3 is 2.41 bits per heavy atom. The third kappa shape index (κ3) is 3.28. The highest BCUT2D eigenvalue weighted by Gasteiger charge is 2.04. The summed E-state index contributed by atoms with van der Waals surface area (Å²) in [6, 6.07) is 11.4. The second kappa shape index (κ2) is 5.29. The Hall–Kier alpha value is -1.39. The summed E-state index contributed by atoms with van der Waals surface area (Å²) in [5.74, 6) is 1.66. The molecule has 1 unspecified atom stereocenters. The molecule has 1 heterocycles. The molecular weight excluding hydrogens is 234 g/mol. The van der Waals surface area contributed by atoms with E-state index in [0.29, 0.717) is 6.54 Å². The van der Waals surface area contributed by atoms with Gasteiger partial charge in [-0.3, -0.25) is 0 Å². The maximum atomic E-state index is 11.9. The van der Waals surface area contributed by atoms with Crippen LogP contribution in [0.15, 0.2) is 45.7 Å². The third-order valence-electron chi connectivity index (χ3n) is 2.41. The fraction of sp³-hybridized carbons (Fsp3) is 0.231. The SMILES string of the molecule is Cc1ccc(S(=O)NCc2ccc(C)o2)cc1. The van der Waals surface area contributed by atoms with Gasteiger partial charge in [0.1, 0.15) is 22.5 Å². The van der Waals surface area contributed by atoms with Crippen LogP contribution in [0.25, 0.3) is 0 Å². The lowest BCUT2D eigenvalue weighted by Crippen LogP contribution is -2.16. The van der Waals surface area contributed by atoms with Gasteiger partial charge in [0.25, 0.3) is 0 Å². The van der Waals surface area contributed by atoms with E-state index in [1.54, 1.807) is 0 Å². The van der Waals surface area contributed by atoms with Crippen LogP contribution < -0.4 is 4.72 Å². The lowest BCUT2D eigenvalue weighted by atomic mass is 10.2. The van der Waals surface area contributed by atoms with Gasteiger partial charge in [0.15, 0.2) is 0 Å². The second-order valence-electron chi connectivity index (χ2n) is 3.92. The van der Waals surface area contributed by atoms with E-state index in [1.807, 2.05) is 50.2 Å². The number of benzene rings is 1. The Kier molecular flexibility index (Phi) is 3.76. The van der Waals surface area contributed by atoms with Crippen molar-refractivity contribution in [2.24, 2.45) is 0 Å². The molecule has 0 saturated heterocycles. The molecule has 3 nitrogen and oxygen atoms in total. The lowest BCUT2D eigenvalue weighted by molar-refractivity contribution is 0.479.